The maximum atomic E-state index is 13.1. The number of carbonyl (C=O) groups excluding carboxylic acids is 1. The molecule has 0 unspecified atom stereocenters. The molecule has 0 saturated heterocycles. The van der Waals surface area contributed by atoms with Crippen molar-refractivity contribution in [3.63, 3.8) is 0 Å². The molecule has 3 rings (SSSR count). The quantitative estimate of drug-likeness (QED) is 0.665. The molecule has 0 spiro atoms. The van der Waals surface area contributed by atoms with Crippen molar-refractivity contribution in [1.82, 2.24) is 4.57 Å². The Bertz CT molecular complexity index is 1070. The number of aromatic nitrogens is 1. The fourth-order valence-corrected chi connectivity index (χ4v) is 2.52. The lowest BCUT2D eigenvalue weighted by Gasteiger charge is -2.13. The van der Waals surface area contributed by atoms with Gasteiger partial charge in [-0.2, -0.15) is 0 Å². The topological polar surface area (TPSA) is 60.3 Å². The minimum atomic E-state index is -0.563. The third-order valence-corrected chi connectivity index (χ3v) is 4.28. The number of nitrogens with zero attached hydrogens (tertiary/aromatic N) is 1. The van der Waals surface area contributed by atoms with Crippen LogP contribution in [-0.4, -0.2) is 10.5 Å². The summed E-state index contributed by atoms with van der Waals surface area (Å²) in [6.07, 6.45) is 1.42. The van der Waals surface area contributed by atoms with Crippen LogP contribution in [0.3, 0.4) is 0 Å². The van der Waals surface area contributed by atoms with E-state index >= 15 is 0 Å². The second-order valence-electron chi connectivity index (χ2n) is 5.50. The second-order valence-corrected chi connectivity index (χ2v) is 6.31. The highest BCUT2D eigenvalue weighted by Crippen LogP contribution is 2.34. The van der Waals surface area contributed by atoms with Gasteiger partial charge < -0.3 is 14.6 Å². The lowest BCUT2D eigenvalue weighted by Crippen LogP contribution is -2.18. The number of rotatable bonds is 4. The van der Waals surface area contributed by atoms with Gasteiger partial charge in [0.25, 0.3) is 11.5 Å². The first-order valence-corrected chi connectivity index (χ1v) is 8.36. The third kappa shape index (κ3) is 4.48. The number of hydrogen-bond acceptors (Lipinski definition) is 3. The number of carbonyl (C=O) groups is 1. The molecule has 137 valence electrons. The molecule has 2 aromatic carbocycles. The van der Waals surface area contributed by atoms with Gasteiger partial charge in [-0.15, -0.1) is 0 Å². The smallest absolute Gasteiger partial charge is 0.259 e. The first-order valence-electron chi connectivity index (χ1n) is 7.61. The maximum Gasteiger partial charge on any atom is 0.259 e. The summed E-state index contributed by atoms with van der Waals surface area (Å²) in [4.78, 5) is 24.3. The Labute approximate surface area is 163 Å². The lowest BCUT2D eigenvalue weighted by atomic mass is 10.1. The molecule has 1 amide bonds. The predicted molar refractivity (Wildman–Crippen MR) is 102 cm³/mol. The molecule has 0 aliphatic carbocycles. The molecule has 0 atom stereocenters. The van der Waals surface area contributed by atoms with Crippen LogP contribution in [0.15, 0.2) is 59.5 Å². The fraction of sp³-hybridized carbons (Fsp3) is 0. The molecule has 3 aromatic rings. The number of nitrogens with one attached hydrogen (secondary N) is 1. The van der Waals surface area contributed by atoms with E-state index in [0.29, 0.717) is 5.75 Å². The summed E-state index contributed by atoms with van der Waals surface area (Å²) in [7, 11) is 3.50. The average Bonchev–Trinajstić information content (AvgIpc) is 2.63. The van der Waals surface area contributed by atoms with Crippen molar-refractivity contribution >= 4 is 34.8 Å². The molecule has 0 aliphatic heterocycles. The summed E-state index contributed by atoms with van der Waals surface area (Å²) in [5.41, 5.74) is -0.0130. The summed E-state index contributed by atoms with van der Waals surface area (Å²) in [5.74, 6) is -0.552. The van der Waals surface area contributed by atoms with Gasteiger partial charge >= 0.3 is 0 Å². The van der Waals surface area contributed by atoms with Crippen LogP contribution in [0.1, 0.15) is 10.4 Å². The zero-order chi connectivity index (χ0) is 19.6. The molecule has 0 saturated carbocycles. The Kier molecular flexibility index (Phi) is 5.48. The van der Waals surface area contributed by atoms with Gasteiger partial charge in [0.1, 0.15) is 17.3 Å². The van der Waals surface area contributed by atoms with Gasteiger partial charge in [-0.05, 0) is 36.4 Å². The molecule has 1 aromatic heterocycles. The summed E-state index contributed by atoms with van der Waals surface area (Å²) in [5, 5.41) is 2.93. The summed E-state index contributed by atoms with van der Waals surface area (Å²) < 4.78 is 19.8. The molecular weight excluding hydrogens is 394 g/mol. The van der Waals surface area contributed by atoms with Gasteiger partial charge in [-0.1, -0.05) is 23.2 Å². The summed E-state index contributed by atoms with van der Waals surface area (Å²) in [6.45, 7) is 0. The summed E-state index contributed by atoms with van der Waals surface area (Å²) >= 11 is 12.0. The Morgan fingerprint density at radius 3 is 2.41 bits per heavy atom. The van der Waals surface area contributed by atoms with Crippen molar-refractivity contribution in [2.75, 3.05) is 5.32 Å². The molecule has 0 fully saturated rings. The van der Waals surface area contributed by atoms with Crippen molar-refractivity contribution in [2.45, 2.75) is 0 Å². The summed E-state index contributed by atoms with van der Waals surface area (Å²) in [6, 6.07) is 10.7. The molecule has 5 nitrogen and oxygen atoms in total. The number of halogens is 3. The van der Waals surface area contributed by atoms with E-state index in [1.54, 1.807) is 0 Å². The van der Waals surface area contributed by atoms with Crippen molar-refractivity contribution in [3.8, 4) is 11.5 Å². The van der Waals surface area contributed by atoms with E-state index in [4.69, 9.17) is 27.9 Å². The lowest BCUT2D eigenvalue weighted by molar-refractivity contribution is 0.102. The first kappa shape index (κ1) is 18.9. The van der Waals surface area contributed by atoms with E-state index in [0.717, 1.165) is 4.57 Å². The Morgan fingerprint density at radius 1 is 1.07 bits per heavy atom. The highest BCUT2D eigenvalue weighted by Gasteiger charge is 2.17. The van der Waals surface area contributed by atoms with Gasteiger partial charge in [0.05, 0.1) is 15.6 Å². The molecule has 1 N–H and O–H groups in total. The van der Waals surface area contributed by atoms with Gasteiger partial charge in [0, 0.05) is 31.1 Å². The minimum absolute atomic E-state index is 0.0903. The van der Waals surface area contributed by atoms with E-state index in [1.165, 1.54) is 54.7 Å². The van der Waals surface area contributed by atoms with Crippen LogP contribution in [0.2, 0.25) is 10.0 Å². The highest BCUT2D eigenvalue weighted by atomic mass is 35.5. The van der Waals surface area contributed by atoms with Crippen LogP contribution in [0.25, 0.3) is 0 Å². The van der Waals surface area contributed by atoms with Crippen LogP contribution in [0.5, 0.6) is 11.5 Å². The Balaban J connectivity index is 1.93. The monoisotopic (exact) mass is 405 g/mol. The normalized spacial score (nSPS) is 10.5. The second kappa shape index (κ2) is 7.82. The van der Waals surface area contributed by atoms with Crippen molar-refractivity contribution in [1.29, 1.82) is 0 Å². The molecule has 27 heavy (non-hydrogen) atoms. The molecular formula is C19H12Cl2FN2O3. The van der Waals surface area contributed by atoms with Gasteiger partial charge in [-0.25, -0.2) is 4.39 Å². The SMILES string of the molecule is [CH2]n1ccc(NC(=O)c2cc(Cl)c(Cl)cc2Oc2ccc(F)cc2)cc1=O. The van der Waals surface area contributed by atoms with Crippen molar-refractivity contribution in [3.05, 3.63) is 93.6 Å². The molecule has 1 heterocycles. The average molecular weight is 406 g/mol. The molecule has 1 radical (unpaired) electrons. The van der Waals surface area contributed by atoms with E-state index in [1.807, 2.05) is 0 Å². The van der Waals surface area contributed by atoms with Crippen molar-refractivity contribution in [2.24, 2.45) is 0 Å². The van der Waals surface area contributed by atoms with E-state index in [9.17, 15) is 14.0 Å². The largest absolute Gasteiger partial charge is 0.456 e. The van der Waals surface area contributed by atoms with Crippen molar-refractivity contribution < 1.29 is 13.9 Å². The number of anilines is 1. The molecule has 0 bridgehead atoms. The minimum Gasteiger partial charge on any atom is -0.456 e. The van der Waals surface area contributed by atoms with Gasteiger partial charge in [-0.3, -0.25) is 9.59 Å². The van der Waals surface area contributed by atoms with E-state index in [-0.39, 0.29) is 32.6 Å². The van der Waals surface area contributed by atoms with Crippen LogP contribution >= 0.6 is 23.2 Å². The molecule has 0 aliphatic rings. The zero-order valence-electron chi connectivity index (χ0n) is 13.7. The third-order valence-electron chi connectivity index (χ3n) is 3.56. The number of pyridine rings is 1. The zero-order valence-corrected chi connectivity index (χ0v) is 15.2. The fourth-order valence-electron chi connectivity index (χ4n) is 2.20. The van der Waals surface area contributed by atoms with E-state index < -0.39 is 11.7 Å². The number of benzene rings is 2. The predicted octanol–water partition coefficient (Wildman–Crippen LogP) is 4.98. The first-order chi connectivity index (χ1) is 12.8. The van der Waals surface area contributed by atoms with Gasteiger partial charge in [0.2, 0.25) is 0 Å². The number of amides is 1. The molecule has 8 heteroatoms. The van der Waals surface area contributed by atoms with Crippen LogP contribution in [0, 0.1) is 12.9 Å². The standard InChI is InChI=1S/C19H12Cl2FN2O3/c1-24-7-6-12(8-18(24)25)23-19(26)14-9-15(20)16(21)10-17(14)27-13-4-2-11(22)3-5-13/h2-10H,1H2,(H,23,26). The number of hydrogen-bond donors (Lipinski definition) is 1. The van der Waals surface area contributed by atoms with Crippen LogP contribution in [-0.2, 0) is 0 Å². The number of ether oxygens (including phenoxy) is 1. The van der Waals surface area contributed by atoms with E-state index in [2.05, 4.69) is 12.4 Å². The van der Waals surface area contributed by atoms with Crippen LogP contribution < -0.4 is 15.6 Å². The van der Waals surface area contributed by atoms with Crippen LogP contribution in [0.4, 0.5) is 10.1 Å². The Morgan fingerprint density at radius 2 is 1.74 bits per heavy atom. The Hall–Kier alpha value is -2.83. The van der Waals surface area contributed by atoms with Gasteiger partial charge in [0.15, 0.2) is 0 Å². The maximum absolute atomic E-state index is 13.1. The highest BCUT2D eigenvalue weighted by molar-refractivity contribution is 6.42.